The van der Waals surface area contributed by atoms with Gasteiger partial charge in [-0.15, -0.1) is 12.4 Å². The molecule has 1 N–H and O–H groups in total. The number of rotatable bonds is 5. The minimum absolute atomic E-state index is 0. The van der Waals surface area contributed by atoms with Crippen molar-refractivity contribution in [3.8, 4) is 5.75 Å². The molecule has 0 bridgehead atoms. The first-order valence-electron chi connectivity index (χ1n) is 4.89. The summed E-state index contributed by atoms with van der Waals surface area (Å²) in [6.07, 6.45) is 0. The molecule has 1 rings (SSSR count). The summed E-state index contributed by atoms with van der Waals surface area (Å²) >= 11 is 3.46. The van der Waals surface area contributed by atoms with Gasteiger partial charge >= 0.3 is 0 Å². The fraction of sp³-hybridized carbons (Fsp3) is 0.455. The summed E-state index contributed by atoms with van der Waals surface area (Å²) in [5, 5.41) is 3.29. The zero-order valence-electron chi connectivity index (χ0n) is 9.05. The smallest absolute Gasteiger partial charge is 0.123 e. The van der Waals surface area contributed by atoms with Gasteiger partial charge in [-0.1, -0.05) is 22.9 Å². The van der Waals surface area contributed by atoms with Crippen molar-refractivity contribution in [2.45, 2.75) is 20.4 Å². The van der Waals surface area contributed by atoms with E-state index < -0.39 is 0 Å². The predicted octanol–water partition coefficient (Wildman–Crippen LogP) is 3.38. The molecule has 0 unspecified atom stereocenters. The molecule has 0 spiro atoms. The molecule has 4 heteroatoms. The van der Waals surface area contributed by atoms with Crippen LogP contribution in [0.25, 0.3) is 0 Å². The highest BCUT2D eigenvalue weighted by Crippen LogP contribution is 2.23. The van der Waals surface area contributed by atoms with Gasteiger partial charge in [0, 0.05) is 16.6 Å². The fourth-order valence-electron chi connectivity index (χ4n) is 1.24. The van der Waals surface area contributed by atoms with Gasteiger partial charge in [0.1, 0.15) is 5.75 Å². The lowest BCUT2D eigenvalue weighted by Crippen LogP contribution is -2.12. The first-order valence-corrected chi connectivity index (χ1v) is 5.69. The number of hydrogen-bond acceptors (Lipinski definition) is 2. The third-order valence-electron chi connectivity index (χ3n) is 1.89. The van der Waals surface area contributed by atoms with Crippen LogP contribution in [0.3, 0.4) is 0 Å². The second-order valence-electron chi connectivity index (χ2n) is 2.97. The second kappa shape index (κ2) is 7.97. The largest absolute Gasteiger partial charge is 0.494 e. The van der Waals surface area contributed by atoms with E-state index in [1.165, 1.54) is 5.56 Å². The van der Waals surface area contributed by atoms with Crippen LogP contribution in [0.5, 0.6) is 5.75 Å². The average molecular weight is 295 g/mol. The zero-order chi connectivity index (χ0) is 10.4. The molecule has 0 aliphatic heterocycles. The lowest BCUT2D eigenvalue weighted by atomic mass is 10.2. The van der Waals surface area contributed by atoms with E-state index in [1.54, 1.807) is 0 Å². The Bertz CT molecular complexity index is 294. The topological polar surface area (TPSA) is 21.3 Å². The van der Waals surface area contributed by atoms with Gasteiger partial charge in [-0.3, -0.25) is 0 Å². The molecule has 2 nitrogen and oxygen atoms in total. The normalized spacial score (nSPS) is 9.53. The standard InChI is InChI=1S/C11H16BrNO.ClH/c1-3-13-8-9-7-10(12)5-6-11(9)14-4-2;/h5-7,13H,3-4,8H2,1-2H3;1H. The van der Waals surface area contributed by atoms with Crippen LogP contribution in [0.15, 0.2) is 22.7 Å². The first kappa shape index (κ1) is 14.8. The molecular weight excluding hydrogens is 277 g/mol. The molecule has 86 valence electrons. The average Bonchev–Trinajstić information content (AvgIpc) is 2.18. The summed E-state index contributed by atoms with van der Waals surface area (Å²) in [5.41, 5.74) is 1.20. The number of ether oxygens (including phenoxy) is 1. The quantitative estimate of drug-likeness (QED) is 0.899. The Balaban J connectivity index is 0.00000196. The van der Waals surface area contributed by atoms with E-state index in [1.807, 2.05) is 19.1 Å². The SMILES string of the molecule is CCNCc1cc(Br)ccc1OCC.Cl. The molecule has 0 aliphatic rings. The molecule has 1 aromatic carbocycles. The van der Waals surface area contributed by atoms with Crippen LogP contribution >= 0.6 is 28.3 Å². The predicted molar refractivity (Wildman–Crippen MR) is 69.9 cm³/mol. The van der Waals surface area contributed by atoms with E-state index in [4.69, 9.17) is 4.74 Å². The third-order valence-corrected chi connectivity index (χ3v) is 2.38. The summed E-state index contributed by atoms with van der Waals surface area (Å²) in [7, 11) is 0. The summed E-state index contributed by atoms with van der Waals surface area (Å²) in [6, 6.07) is 6.09. The Morgan fingerprint density at radius 2 is 2.07 bits per heavy atom. The van der Waals surface area contributed by atoms with Gasteiger partial charge in [0.15, 0.2) is 0 Å². The van der Waals surface area contributed by atoms with Crippen LogP contribution in [0.1, 0.15) is 19.4 Å². The van der Waals surface area contributed by atoms with Crippen LogP contribution in [0.2, 0.25) is 0 Å². The van der Waals surface area contributed by atoms with Crippen molar-refractivity contribution >= 4 is 28.3 Å². The molecule has 0 amide bonds. The minimum atomic E-state index is 0. The van der Waals surface area contributed by atoms with Crippen LogP contribution in [0, 0.1) is 0 Å². The Morgan fingerprint density at radius 3 is 2.67 bits per heavy atom. The number of halogens is 2. The summed E-state index contributed by atoms with van der Waals surface area (Å²) in [5.74, 6) is 0.969. The molecule has 15 heavy (non-hydrogen) atoms. The van der Waals surface area contributed by atoms with Crippen LogP contribution in [-0.2, 0) is 6.54 Å². The van der Waals surface area contributed by atoms with Crippen molar-refractivity contribution in [2.24, 2.45) is 0 Å². The maximum atomic E-state index is 5.53. The lowest BCUT2D eigenvalue weighted by Gasteiger charge is -2.10. The van der Waals surface area contributed by atoms with Gasteiger partial charge in [0.25, 0.3) is 0 Å². The Labute approximate surface area is 106 Å². The third kappa shape index (κ3) is 4.87. The van der Waals surface area contributed by atoms with Crippen LogP contribution in [0.4, 0.5) is 0 Å². The van der Waals surface area contributed by atoms with Crippen molar-refractivity contribution in [2.75, 3.05) is 13.2 Å². The molecule has 0 radical (unpaired) electrons. The van der Waals surface area contributed by atoms with E-state index in [9.17, 15) is 0 Å². The molecule has 0 saturated carbocycles. The molecule has 0 saturated heterocycles. The van der Waals surface area contributed by atoms with Crippen molar-refractivity contribution in [3.63, 3.8) is 0 Å². The van der Waals surface area contributed by atoms with Crippen molar-refractivity contribution in [1.82, 2.24) is 5.32 Å². The fourth-order valence-corrected chi connectivity index (χ4v) is 1.65. The molecule has 0 heterocycles. The zero-order valence-corrected chi connectivity index (χ0v) is 11.5. The van der Waals surface area contributed by atoms with Gasteiger partial charge in [0.05, 0.1) is 6.61 Å². The van der Waals surface area contributed by atoms with Gasteiger partial charge in [0.2, 0.25) is 0 Å². The molecule has 1 aromatic rings. The molecule has 0 atom stereocenters. The molecular formula is C11H17BrClNO. The summed E-state index contributed by atoms with van der Waals surface area (Å²) < 4.78 is 6.62. The summed E-state index contributed by atoms with van der Waals surface area (Å²) in [6.45, 7) is 6.63. The van der Waals surface area contributed by atoms with Gasteiger partial charge < -0.3 is 10.1 Å². The highest BCUT2D eigenvalue weighted by molar-refractivity contribution is 9.10. The van der Waals surface area contributed by atoms with E-state index in [0.717, 1.165) is 23.3 Å². The highest BCUT2D eigenvalue weighted by atomic mass is 79.9. The number of benzene rings is 1. The maximum Gasteiger partial charge on any atom is 0.123 e. The van der Waals surface area contributed by atoms with Gasteiger partial charge in [-0.25, -0.2) is 0 Å². The lowest BCUT2D eigenvalue weighted by molar-refractivity contribution is 0.335. The maximum absolute atomic E-state index is 5.53. The van der Waals surface area contributed by atoms with E-state index >= 15 is 0 Å². The van der Waals surface area contributed by atoms with Crippen molar-refractivity contribution < 1.29 is 4.74 Å². The van der Waals surface area contributed by atoms with Crippen LogP contribution < -0.4 is 10.1 Å². The Morgan fingerprint density at radius 1 is 1.33 bits per heavy atom. The van der Waals surface area contributed by atoms with E-state index in [-0.39, 0.29) is 12.4 Å². The second-order valence-corrected chi connectivity index (χ2v) is 3.88. The Kier molecular flexibility index (Phi) is 7.83. The Hall–Kier alpha value is -0.250. The molecule has 0 fully saturated rings. The molecule has 0 aromatic heterocycles. The van der Waals surface area contributed by atoms with Crippen LogP contribution in [-0.4, -0.2) is 13.2 Å². The monoisotopic (exact) mass is 293 g/mol. The minimum Gasteiger partial charge on any atom is -0.494 e. The van der Waals surface area contributed by atoms with Gasteiger partial charge in [-0.05, 0) is 31.7 Å². The highest BCUT2D eigenvalue weighted by Gasteiger charge is 2.02. The van der Waals surface area contributed by atoms with Gasteiger partial charge in [-0.2, -0.15) is 0 Å². The van der Waals surface area contributed by atoms with E-state index in [2.05, 4.69) is 34.2 Å². The number of hydrogen-bond donors (Lipinski definition) is 1. The first-order chi connectivity index (χ1) is 6.77. The number of nitrogens with one attached hydrogen (secondary N) is 1. The van der Waals surface area contributed by atoms with Crippen molar-refractivity contribution in [3.05, 3.63) is 28.2 Å². The summed E-state index contributed by atoms with van der Waals surface area (Å²) in [4.78, 5) is 0. The van der Waals surface area contributed by atoms with E-state index in [0.29, 0.717) is 6.61 Å². The van der Waals surface area contributed by atoms with Crippen molar-refractivity contribution in [1.29, 1.82) is 0 Å². The molecule has 0 aliphatic carbocycles.